The fourth-order valence-electron chi connectivity index (χ4n) is 4.75. The van der Waals surface area contributed by atoms with Gasteiger partial charge in [0.1, 0.15) is 11.6 Å². The lowest BCUT2D eigenvalue weighted by Gasteiger charge is -2.27. The van der Waals surface area contributed by atoms with E-state index >= 15 is 0 Å². The van der Waals surface area contributed by atoms with E-state index in [0.717, 1.165) is 52.5 Å². The van der Waals surface area contributed by atoms with Gasteiger partial charge in [0.2, 0.25) is 5.95 Å². The van der Waals surface area contributed by atoms with E-state index in [0.29, 0.717) is 5.95 Å². The molecule has 2 aromatic heterocycles. The topological polar surface area (TPSA) is 91.3 Å². The van der Waals surface area contributed by atoms with E-state index in [-0.39, 0.29) is 11.5 Å². The van der Waals surface area contributed by atoms with Crippen molar-refractivity contribution in [1.82, 2.24) is 20.2 Å². The molecule has 2 N–H and O–H groups in total. The van der Waals surface area contributed by atoms with Gasteiger partial charge in [0.15, 0.2) is 0 Å². The Morgan fingerprint density at radius 1 is 1.06 bits per heavy atom. The van der Waals surface area contributed by atoms with Crippen LogP contribution >= 0.6 is 0 Å². The molecule has 172 valence electrons. The number of methoxy groups -OCH3 is 1. The average molecular weight is 454 g/mol. The molecule has 8 nitrogen and oxygen atoms in total. The monoisotopic (exact) mass is 453 g/mol. The first kappa shape index (κ1) is 20.7. The summed E-state index contributed by atoms with van der Waals surface area (Å²) in [6.07, 6.45) is 3.72. The number of H-pyrrole nitrogens is 1. The molecular formula is C26H27N7O. The second-order valence-electron chi connectivity index (χ2n) is 10.0. The molecule has 0 fully saturated rings. The highest BCUT2D eigenvalue weighted by Gasteiger charge is 2.35. The molecule has 2 aliphatic rings. The second-order valence-corrected chi connectivity index (χ2v) is 10.0. The summed E-state index contributed by atoms with van der Waals surface area (Å²) < 4.78 is 5.41. The standard InChI is InChI=1S/C26H27N7O/c1-26(2,3)23-22-21(12-27-23)30-25(33-13-15-5-7-19(34-4)10-17(15)14-33)31-24(22)29-18-6-8-20-16(9-18)11-28-32-20/h5-12,23H,13-14H2,1-4H3,(H,28,32)(H,29,30,31). The summed E-state index contributed by atoms with van der Waals surface area (Å²) in [5.41, 5.74) is 6.33. The van der Waals surface area contributed by atoms with Crippen molar-refractivity contribution in [2.45, 2.75) is 39.9 Å². The third kappa shape index (κ3) is 3.46. The lowest BCUT2D eigenvalue weighted by atomic mass is 9.83. The maximum absolute atomic E-state index is 5.41. The first-order valence-electron chi connectivity index (χ1n) is 11.4. The number of anilines is 3. The van der Waals surface area contributed by atoms with Gasteiger partial charge < -0.3 is 15.0 Å². The average Bonchev–Trinajstić information content (AvgIpc) is 3.55. The Kier molecular flexibility index (Phi) is 4.58. The van der Waals surface area contributed by atoms with E-state index < -0.39 is 0 Å². The highest BCUT2D eigenvalue weighted by Crippen LogP contribution is 2.44. The Hall–Kier alpha value is -3.94. The van der Waals surface area contributed by atoms with E-state index in [1.807, 2.05) is 30.6 Å². The Labute approximate surface area is 198 Å². The molecule has 1 atom stereocenters. The van der Waals surface area contributed by atoms with Gasteiger partial charge in [-0.25, -0.2) is 4.98 Å². The third-order valence-electron chi connectivity index (χ3n) is 6.52. The van der Waals surface area contributed by atoms with Crippen molar-refractivity contribution in [3.63, 3.8) is 0 Å². The van der Waals surface area contributed by atoms with E-state index in [2.05, 4.69) is 59.4 Å². The number of ether oxygens (including phenoxy) is 1. The van der Waals surface area contributed by atoms with Crippen molar-refractivity contribution in [2.24, 2.45) is 10.4 Å². The zero-order chi connectivity index (χ0) is 23.4. The number of nitrogens with zero attached hydrogens (tertiary/aromatic N) is 5. The van der Waals surface area contributed by atoms with Crippen molar-refractivity contribution in [1.29, 1.82) is 0 Å². The van der Waals surface area contributed by atoms with Gasteiger partial charge in [-0.2, -0.15) is 10.1 Å². The normalized spacial score (nSPS) is 16.7. The predicted octanol–water partition coefficient (Wildman–Crippen LogP) is 5.15. The van der Waals surface area contributed by atoms with Gasteiger partial charge >= 0.3 is 0 Å². The molecule has 0 spiro atoms. The van der Waals surface area contributed by atoms with Crippen molar-refractivity contribution < 1.29 is 4.74 Å². The van der Waals surface area contributed by atoms with Crippen molar-refractivity contribution in [2.75, 3.05) is 17.3 Å². The molecular weight excluding hydrogens is 426 g/mol. The van der Waals surface area contributed by atoms with Gasteiger partial charge in [-0.3, -0.25) is 10.1 Å². The second kappa shape index (κ2) is 7.55. The van der Waals surface area contributed by atoms with Gasteiger partial charge in [0.05, 0.1) is 30.6 Å². The first-order chi connectivity index (χ1) is 16.4. The molecule has 0 saturated carbocycles. The molecule has 1 unspecified atom stereocenters. The number of aliphatic imine (C=N–C) groups is 1. The van der Waals surface area contributed by atoms with Crippen LogP contribution in [0.15, 0.2) is 47.6 Å². The summed E-state index contributed by atoms with van der Waals surface area (Å²) >= 11 is 0. The van der Waals surface area contributed by atoms with Gasteiger partial charge in [0, 0.05) is 35.9 Å². The van der Waals surface area contributed by atoms with E-state index in [1.54, 1.807) is 7.11 Å². The van der Waals surface area contributed by atoms with Gasteiger partial charge in [-0.1, -0.05) is 26.8 Å². The third-order valence-corrected chi connectivity index (χ3v) is 6.52. The fourth-order valence-corrected chi connectivity index (χ4v) is 4.75. The zero-order valence-electron chi connectivity index (χ0n) is 19.8. The molecule has 2 aliphatic heterocycles. The summed E-state index contributed by atoms with van der Waals surface area (Å²) in [5.74, 6) is 2.36. The molecule has 0 saturated heterocycles. The number of aromatic nitrogens is 4. The van der Waals surface area contributed by atoms with Crippen molar-refractivity contribution in [3.05, 3.63) is 65.0 Å². The highest BCUT2D eigenvalue weighted by molar-refractivity contribution is 5.88. The molecule has 6 rings (SSSR count). The summed E-state index contributed by atoms with van der Waals surface area (Å²) in [7, 11) is 1.70. The van der Waals surface area contributed by atoms with Crippen LogP contribution in [0.2, 0.25) is 0 Å². The quantitative estimate of drug-likeness (QED) is 0.444. The molecule has 0 aliphatic carbocycles. The number of benzene rings is 2. The number of nitrogens with one attached hydrogen (secondary N) is 2. The summed E-state index contributed by atoms with van der Waals surface area (Å²) in [5, 5.41) is 11.8. The molecule has 0 amide bonds. The highest BCUT2D eigenvalue weighted by atomic mass is 16.5. The van der Waals surface area contributed by atoms with Crippen LogP contribution in [0.3, 0.4) is 0 Å². The Morgan fingerprint density at radius 2 is 1.91 bits per heavy atom. The van der Waals surface area contributed by atoms with Crippen molar-refractivity contribution >= 4 is 34.6 Å². The minimum absolute atomic E-state index is 0.0169. The molecule has 2 aromatic carbocycles. The number of hydrogen-bond donors (Lipinski definition) is 2. The Balaban J connectivity index is 1.40. The van der Waals surface area contributed by atoms with Crippen LogP contribution in [0.1, 0.15) is 49.2 Å². The Bertz CT molecular complexity index is 1430. The van der Waals surface area contributed by atoms with Crippen LogP contribution in [-0.4, -0.2) is 33.5 Å². The molecule has 4 heterocycles. The van der Waals surface area contributed by atoms with Crippen LogP contribution in [0.25, 0.3) is 10.9 Å². The van der Waals surface area contributed by atoms with Crippen LogP contribution in [-0.2, 0) is 13.1 Å². The molecule has 0 bridgehead atoms. The molecule has 4 aromatic rings. The number of hydrogen-bond acceptors (Lipinski definition) is 7. The molecule has 0 radical (unpaired) electrons. The van der Waals surface area contributed by atoms with Gasteiger partial charge in [-0.15, -0.1) is 0 Å². The first-order valence-corrected chi connectivity index (χ1v) is 11.4. The summed E-state index contributed by atoms with van der Waals surface area (Å²) in [6, 6.07) is 12.3. The zero-order valence-corrected chi connectivity index (χ0v) is 19.8. The van der Waals surface area contributed by atoms with Crippen LogP contribution in [0.5, 0.6) is 5.75 Å². The summed E-state index contributed by atoms with van der Waals surface area (Å²) in [6.45, 7) is 8.10. The summed E-state index contributed by atoms with van der Waals surface area (Å²) in [4.78, 5) is 17.0. The molecule has 34 heavy (non-hydrogen) atoms. The number of fused-ring (bicyclic) bond motifs is 3. The number of rotatable bonds is 4. The minimum Gasteiger partial charge on any atom is -0.497 e. The fraction of sp³-hybridized carbons (Fsp3) is 0.308. The lowest BCUT2D eigenvalue weighted by Crippen LogP contribution is -2.21. The maximum Gasteiger partial charge on any atom is 0.228 e. The van der Waals surface area contributed by atoms with Crippen LogP contribution in [0.4, 0.5) is 17.5 Å². The van der Waals surface area contributed by atoms with Crippen molar-refractivity contribution in [3.8, 4) is 5.75 Å². The molecule has 8 heteroatoms. The SMILES string of the molecule is COc1ccc2c(c1)CN(c1nc3c(c(Nc4ccc5[nH]ncc5c4)n1)C(C(C)(C)C)N=C3)C2. The van der Waals surface area contributed by atoms with Crippen LogP contribution in [0, 0.1) is 5.41 Å². The number of aromatic amines is 1. The van der Waals surface area contributed by atoms with E-state index in [9.17, 15) is 0 Å². The minimum atomic E-state index is -0.0575. The van der Waals surface area contributed by atoms with Crippen LogP contribution < -0.4 is 15.0 Å². The van der Waals surface area contributed by atoms with E-state index in [4.69, 9.17) is 19.7 Å². The smallest absolute Gasteiger partial charge is 0.228 e. The predicted molar refractivity (Wildman–Crippen MR) is 134 cm³/mol. The van der Waals surface area contributed by atoms with E-state index in [1.165, 1.54) is 11.1 Å². The lowest BCUT2D eigenvalue weighted by molar-refractivity contribution is 0.333. The van der Waals surface area contributed by atoms with Gasteiger partial charge in [-0.05, 0) is 46.9 Å². The van der Waals surface area contributed by atoms with Gasteiger partial charge in [0.25, 0.3) is 0 Å². The largest absolute Gasteiger partial charge is 0.497 e. The maximum atomic E-state index is 5.41. The Morgan fingerprint density at radius 3 is 2.74 bits per heavy atom.